The number of nitrogens with zero attached hydrogens (tertiary/aromatic N) is 3. The molecule has 2 atom stereocenters. The predicted octanol–water partition coefficient (Wildman–Crippen LogP) is 1.56. The van der Waals surface area contributed by atoms with Crippen LogP contribution in [-0.4, -0.2) is 33.7 Å². The van der Waals surface area contributed by atoms with Gasteiger partial charge in [-0.05, 0) is 27.7 Å². The van der Waals surface area contributed by atoms with Crippen molar-refractivity contribution in [3.05, 3.63) is 29.2 Å². The number of rotatable bonds is 4. The zero-order valence-electron chi connectivity index (χ0n) is 12.5. The lowest BCUT2D eigenvalue weighted by Crippen LogP contribution is -2.37. The molecule has 0 radical (unpaired) electrons. The largest absolute Gasteiger partial charge is 0.468 e. The average Bonchev–Trinajstić information content (AvgIpc) is 2.79. The maximum absolute atomic E-state index is 11.5. The van der Waals surface area contributed by atoms with Gasteiger partial charge in [0, 0.05) is 29.6 Å². The average molecular weight is 276 g/mol. The molecule has 108 valence electrons. The summed E-state index contributed by atoms with van der Waals surface area (Å²) in [5.74, 6) is -0.279. The van der Waals surface area contributed by atoms with Crippen LogP contribution < -0.4 is 5.32 Å². The van der Waals surface area contributed by atoms with E-state index in [0.29, 0.717) is 0 Å². The molecule has 20 heavy (non-hydrogen) atoms. The number of fused-ring (bicyclic) bond motifs is 1. The first-order valence-electron chi connectivity index (χ1n) is 6.59. The highest BCUT2D eigenvalue weighted by Gasteiger charge is 2.19. The molecule has 0 spiro atoms. The quantitative estimate of drug-likeness (QED) is 0.858. The van der Waals surface area contributed by atoms with Gasteiger partial charge < -0.3 is 4.74 Å². The monoisotopic (exact) mass is 276 g/mol. The summed E-state index contributed by atoms with van der Waals surface area (Å²) in [6, 6.07) is 1.54. The van der Waals surface area contributed by atoms with E-state index in [2.05, 4.69) is 15.4 Å². The Bertz CT molecular complexity index is 635. The second kappa shape index (κ2) is 5.58. The molecule has 6 heteroatoms. The first kappa shape index (κ1) is 14.5. The first-order valence-corrected chi connectivity index (χ1v) is 6.59. The van der Waals surface area contributed by atoms with Crippen molar-refractivity contribution in [1.29, 1.82) is 0 Å². The minimum atomic E-state index is -0.371. The molecule has 1 N–H and O–H groups in total. The number of carbonyl (C=O) groups excluding carboxylic acids is 1. The maximum Gasteiger partial charge on any atom is 0.322 e. The van der Waals surface area contributed by atoms with E-state index in [1.165, 1.54) is 7.11 Å². The molecular weight excluding hydrogens is 256 g/mol. The summed E-state index contributed by atoms with van der Waals surface area (Å²) in [6.07, 6.45) is 1.83. The van der Waals surface area contributed by atoms with Gasteiger partial charge in [-0.1, -0.05) is 0 Å². The standard InChI is InChI=1S/C14H20N4O2/c1-8-6-13-15-7-12(11(4)18(13)17-8)9(2)16-10(3)14(19)20-5/h6-7,9-10,16H,1-5H3/t9?,10-/m0/s1. The third-order valence-corrected chi connectivity index (χ3v) is 3.41. The summed E-state index contributed by atoms with van der Waals surface area (Å²) in [7, 11) is 1.39. The van der Waals surface area contributed by atoms with E-state index >= 15 is 0 Å². The summed E-state index contributed by atoms with van der Waals surface area (Å²) >= 11 is 0. The van der Waals surface area contributed by atoms with Gasteiger partial charge in [-0.3, -0.25) is 10.1 Å². The fourth-order valence-electron chi connectivity index (χ4n) is 2.31. The fraction of sp³-hybridized carbons (Fsp3) is 0.500. The SMILES string of the molecule is COC(=O)[C@H](C)NC(C)c1cnc2cc(C)nn2c1C. The minimum absolute atomic E-state index is 0.0227. The molecule has 0 fully saturated rings. The Morgan fingerprint density at radius 2 is 2.10 bits per heavy atom. The van der Waals surface area contributed by atoms with Gasteiger partial charge in [-0.25, -0.2) is 9.50 Å². The van der Waals surface area contributed by atoms with Crippen molar-refractivity contribution >= 4 is 11.6 Å². The van der Waals surface area contributed by atoms with Crippen molar-refractivity contribution in [2.75, 3.05) is 7.11 Å². The minimum Gasteiger partial charge on any atom is -0.468 e. The lowest BCUT2D eigenvalue weighted by atomic mass is 10.1. The number of esters is 1. The van der Waals surface area contributed by atoms with Gasteiger partial charge in [0.05, 0.1) is 12.8 Å². The second-order valence-corrected chi connectivity index (χ2v) is 4.99. The highest BCUT2D eigenvalue weighted by molar-refractivity contribution is 5.75. The summed E-state index contributed by atoms with van der Waals surface area (Å²) in [5, 5.41) is 7.62. The van der Waals surface area contributed by atoms with Gasteiger partial charge in [-0.15, -0.1) is 0 Å². The molecular formula is C14H20N4O2. The van der Waals surface area contributed by atoms with E-state index in [4.69, 9.17) is 4.74 Å². The van der Waals surface area contributed by atoms with Crippen LogP contribution in [-0.2, 0) is 9.53 Å². The van der Waals surface area contributed by atoms with Gasteiger partial charge in [0.1, 0.15) is 6.04 Å². The number of hydrogen-bond donors (Lipinski definition) is 1. The summed E-state index contributed by atoms with van der Waals surface area (Å²) in [6.45, 7) is 7.71. The summed E-state index contributed by atoms with van der Waals surface area (Å²) in [4.78, 5) is 15.9. The van der Waals surface area contributed by atoms with Crippen LogP contribution in [0.3, 0.4) is 0 Å². The van der Waals surface area contributed by atoms with Crippen LogP contribution in [0.5, 0.6) is 0 Å². The summed E-state index contributed by atoms with van der Waals surface area (Å²) < 4.78 is 6.54. The number of ether oxygens (including phenoxy) is 1. The van der Waals surface area contributed by atoms with Crippen LogP contribution >= 0.6 is 0 Å². The van der Waals surface area contributed by atoms with E-state index in [0.717, 1.165) is 22.6 Å². The predicted molar refractivity (Wildman–Crippen MR) is 75.5 cm³/mol. The van der Waals surface area contributed by atoms with Crippen LogP contribution in [0, 0.1) is 13.8 Å². The van der Waals surface area contributed by atoms with Crippen molar-refractivity contribution < 1.29 is 9.53 Å². The van der Waals surface area contributed by atoms with E-state index in [1.807, 2.05) is 37.5 Å². The maximum atomic E-state index is 11.5. The Morgan fingerprint density at radius 3 is 2.75 bits per heavy atom. The Labute approximate surface area is 118 Å². The van der Waals surface area contributed by atoms with Crippen molar-refractivity contribution in [2.45, 2.75) is 39.8 Å². The molecule has 2 heterocycles. The second-order valence-electron chi connectivity index (χ2n) is 4.99. The van der Waals surface area contributed by atoms with Gasteiger partial charge >= 0.3 is 5.97 Å². The lowest BCUT2D eigenvalue weighted by molar-refractivity contribution is -0.142. The molecule has 0 aromatic carbocycles. The van der Waals surface area contributed by atoms with Crippen molar-refractivity contribution in [2.24, 2.45) is 0 Å². The van der Waals surface area contributed by atoms with Crippen LogP contribution in [0.4, 0.5) is 0 Å². The molecule has 0 bridgehead atoms. The van der Waals surface area contributed by atoms with Crippen LogP contribution in [0.25, 0.3) is 5.65 Å². The lowest BCUT2D eigenvalue weighted by Gasteiger charge is -2.20. The highest BCUT2D eigenvalue weighted by Crippen LogP contribution is 2.18. The van der Waals surface area contributed by atoms with Gasteiger partial charge in [0.2, 0.25) is 0 Å². The third kappa shape index (κ3) is 2.65. The van der Waals surface area contributed by atoms with Crippen molar-refractivity contribution in [3.8, 4) is 0 Å². The van der Waals surface area contributed by atoms with E-state index in [-0.39, 0.29) is 18.1 Å². The van der Waals surface area contributed by atoms with Crippen molar-refractivity contribution in [1.82, 2.24) is 19.9 Å². The Kier molecular flexibility index (Phi) is 4.04. The Hall–Kier alpha value is -1.95. The van der Waals surface area contributed by atoms with Gasteiger partial charge in [0.15, 0.2) is 5.65 Å². The smallest absolute Gasteiger partial charge is 0.322 e. The number of methoxy groups -OCH3 is 1. The van der Waals surface area contributed by atoms with E-state index in [9.17, 15) is 4.79 Å². The molecule has 0 aliphatic rings. The van der Waals surface area contributed by atoms with E-state index < -0.39 is 0 Å². The van der Waals surface area contributed by atoms with Crippen molar-refractivity contribution in [3.63, 3.8) is 0 Å². The highest BCUT2D eigenvalue weighted by atomic mass is 16.5. The zero-order chi connectivity index (χ0) is 14.9. The molecule has 2 aromatic rings. The number of aromatic nitrogens is 3. The molecule has 0 aliphatic carbocycles. The Morgan fingerprint density at radius 1 is 1.40 bits per heavy atom. The van der Waals surface area contributed by atoms with Crippen LogP contribution in [0.1, 0.15) is 36.8 Å². The Balaban J connectivity index is 2.28. The molecule has 0 saturated carbocycles. The molecule has 2 rings (SSSR count). The van der Waals surface area contributed by atoms with E-state index in [1.54, 1.807) is 6.92 Å². The van der Waals surface area contributed by atoms with Crippen LogP contribution in [0.15, 0.2) is 12.3 Å². The zero-order valence-corrected chi connectivity index (χ0v) is 12.5. The number of aryl methyl sites for hydroxylation is 2. The topological polar surface area (TPSA) is 68.5 Å². The van der Waals surface area contributed by atoms with Crippen LogP contribution in [0.2, 0.25) is 0 Å². The number of nitrogens with one attached hydrogen (secondary N) is 1. The van der Waals surface area contributed by atoms with Gasteiger partial charge in [0.25, 0.3) is 0 Å². The molecule has 6 nitrogen and oxygen atoms in total. The molecule has 0 saturated heterocycles. The fourth-order valence-corrected chi connectivity index (χ4v) is 2.31. The number of carbonyl (C=O) groups is 1. The normalized spacial score (nSPS) is 14.2. The first-order chi connectivity index (χ1) is 9.43. The number of hydrogen-bond acceptors (Lipinski definition) is 5. The molecule has 0 aliphatic heterocycles. The molecule has 1 unspecified atom stereocenters. The summed E-state index contributed by atoms with van der Waals surface area (Å²) in [5.41, 5.74) is 3.79. The molecule has 2 aromatic heterocycles. The molecule has 0 amide bonds. The van der Waals surface area contributed by atoms with Gasteiger partial charge in [-0.2, -0.15) is 5.10 Å². The third-order valence-electron chi connectivity index (χ3n) is 3.41.